The zero-order chi connectivity index (χ0) is 13.8. The summed E-state index contributed by atoms with van der Waals surface area (Å²) in [4.78, 5) is 21.8. The molecule has 0 N–H and O–H groups in total. The zero-order valence-corrected chi connectivity index (χ0v) is 10.2. The standard InChI is InChI=1S/C15H11FO3/c1-19-15(18)12-6-7-13(14(16)8-12)11-4-2-10(9-17)3-5-11/h2-9H,1H3. The fourth-order valence-corrected chi connectivity index (χ4v) is 1.74. The van der Waals surface area contributed by atoms with Crippen LogP contribution in [0.25, 0.3) is 11.1 Å². The normalized spacial score (nSPS) is 10.0. The zero-order valence-electron chi connectivity index (χ0n) is 10.2. The second kappa shape index (κ2) is 5.44. The maximum atomic E-state index is 13.9. The molecule has 0 amide bonds. The molecule has 0 aromatic heterocycles. The van der Waals surface area contributed by atoms with Gasteiger partial charge in [0.25, 0.3) is 0 Å². The first-order valence-electron chi connectivity index (χ1n) is 5.59. The Bertz CT molecular complexity index is 618. The van der Waals surface area contributed by atoms with Gasteiger partial charge in [-0.1, -0.05) is 30.3 Å². The smallest absolute Gasteiger partial charge is 0.337 e. The summed E-state index contributed by atoms with van der Waals surface area (Å²) in [5, 5.41) is 0. The highest BCUT2D eigenvalue weighted by Gasteiger charge is 2.10. The molecular formula is C15H11FO3. The number of ether oxygens (including phenoxy) is 1. The van der Waals surface area contributed by atoms with Gasteiger partial charge in [0.2, 0.25) is 0 Å². The highest BCUT2D eigenvalue weighted by molar-refractivity contribution is 5.90. The van der Waals surface area contributed by atoms with E-state index in [1.807, 2.05) is 0 Å². The molecule has 96 valence electrons. The van der Waals surface area contributed by atoms with Crippen molar-refractivity contribution >= 4 is 12.3 Å². The second-order valence-electron chi connectivity index (χ2n) is 3.93. The Morgan fingerprint density at radius 1 is 1.16 bits per heavy atom. The Labute approximate surface area is 109 Å². The van der Waals surface area contributed by atoms with Crippen molar-refractivity contribution in [3.8, 4) is 11.1 Å². The average molecular weight is 258 g/mol. The molecule has 4 heteroatoms. The van der Waals surface area contributed by atoms with Crippen molar-refractivity contribution < 1.29 is 18.7 Å². The summed E-state index contributed by atoms with van der Waals surface area (Å²) >= 11 is 0. The fourth-order valence-electron chi connectivity index (χ4n) is 1.74. The van der Waals surface area contributed by atoms with Crippen molar-refractivity contribution in [2.45, 2.75) is 0 Å². The Morgan fingerprint density at radius 3 is 2.37 bits per heavy atom. The monoisotopic (exact) mass is 258 g/mol. The van der Waals surface area contributed by atoms with Gasteiger partial charge in [-0.3, -0.25) is 4.79 Å². The summed E-state index contributed by atoms with van der Waals surface area (Å²) in [6.45, 7) is 0. The van der Waals surface area contributed by atoms with Crippen LogP contribution < -0.4 is 0 Å². The molecule has 0 aliphatic heterocycles. The minimum Gasteiger partial charge on any atom is -0.465 e. The number of carbonyl (C=O) groups is 2. The first kappa shape index (κ1) is 13.0. The van der Waals surface area contributed by atoms with Crippen LogP contribution in [0, 0.1) is 5.82 Å². The molecule has 0 saturated heterocycles. The molecule has 19 heavy (non-hydrogen) atoms. The van der Waals surface area contributed by atoms with E-state index in [0.29, 0.717) is 16.7 Å². The van der Waals surface area contributed by atoms with Crippen LogP contribution in [0.2, 0.25) is 0 Å². The number of esters is 1. The van der Waals surface area contributed by atoms with Crippen molar-refractivity contribution in [1.29, 1.82) is 0 Å². The largest absolute Gasteiger partial charge is 0.465 e. The third kappa shape index (κ3) is 2.68. The van der Waals surface area contributed by atoms with Crippen LogP contribution in [-0.4, -0.2) is 19.4 Å². The van der Waals surface area contributed by atoms with E-state index in [1.54, 1.807) is 24.3 Å². The van der Waals surface area contributed by atoms with E-state index >= 15 is 0 Å². The van der Waals surface area contributed by atoms with Crippen LogP contribution >= 0.6 is 0 Å². The Hall–Kier alpha value is -2.49. The lowest BCUT2D eigenvalue weighted by molar-refractivity contribution is 0.0600. The van der Waals surface area contributed by atoms with Crippen molar-refractivity contribution in [1.82, 2.24) is 0 Å². The van der Waals surface area contributed by atoms with Gasteiger partial charge in [-0.2, -0.15) is 0 Å². The van der Waals surface area contributed by atoms with Crippen LogP contribution in [-0.2, 0) is 4.74 Å². The predicted octanol–water partition coefficient (Wildman–Crippen LogP) is 3.09. The molecule has 0 aliphatic rings. The minimum atomic E-state index is -0.582. The van der Waals surface area contributed by atoms with Gasteiger partial charge in [0.1, 0.15) is 12.1 Å². The van der Waals surface area contributed by atoms with E-state index in [4.69, 9.17) is 0 Å². The van der Waals surface area contributed by atoms with Crippen molar-refractivity contribution in [3.63, 3.8) is 0 Å². The molecule has 0 unspecified atom stereocenters. The van der Waals surface area contributed by atoms with Crippen molar-refractivity contribution in [3.05, 3.63) is 59.4 Å². The van der Waals surface area contributed by atoms with E-state index in [0.717, 1.165) is 12.4 Å². The second-order valence-corrected chi connectivity index (χ2v) is 3.93. The van der Waals surface area contributed by atoms with Crippen molar-refractivity contribution in [2.24, 2.45) is 0 Å². The number of benzene rings is 2. The Morgan fingerprint density at radius 2 is 1.84 bits per heavy atom. The van der Waals surface area contributed by atoms with E-state index in [9.17, 15) is 14.0 Å². The molecule has 3 nitrogen and oxygen atoms in total. The van der Waals surface area contributed by atoms with Crippen LogP contribution in [0.3, 0.4) is 0 Å². The van der Waals surface area contributed by atoms with E-state index in [1.165, 1.54) is 19.2 Å². The van der Waals surface area contributed by atoms with E-state index in [-0.39, 0.29) is 5.56 Å². The summed E-state index contributed by atoms with van der Waals surface area (Å²) in [5.41, 5.74) is 1.69. The predicted molar refractivity (Wildman–Crippen MR) is 68.6 cm³/mol. The number of methoxy groups -OCH3 is 1. The molecule has 0 atom stereocenters. The minimum absolute atomic E-state index is 0.160. The lowest BCUT2D eigenvalue weighted by atomic mass is 10.0. The number of aldehydes is 1. The van der Waals surface area contributed by atoms with Crippen LogP contribution in [0.15, 0.2) is 42.5 Å². The van der Waals surface area contributed by atoms with Gasteiger partial charge in [0, 0.05) is 11.1 Å². The number of hydrogen-bond acceptors (Lipinski definition) is 3. The molecule has 0 heterocycles. The summed E-state index contributed by atoms with van der Waals surface area (Å²) in [5.74, 6) is -1.09. The highest BCUT2D eigenvalue weighted by atomic mass is 19.1. The SMILES string of the molecule is COC(=O)c1ccc(-c2ccc(C=O)cc2)c(F)c1. The maximum absolute atomic E-state index is 13.9. The lowest BCUT2D eigenvalue weighted by Gasteiger charge is -2.05. The topological polar surface area (TPSA) is 43.4 Å². The summed E-state index contributed by atoms with van der Waals surface area (Å²) < 4.78 is 18.5. The number of hydrogen-bond donors (Lipinski definition) is 0. The molecule has 0 aliphatic carbocycles. The van der Waals surface area contributed by atoms with Gasteiger partial charge in [-0.15, -0.1) is 0 Å². The third-order valence-electron chi connectivity index (χ3n) is 2.75. The molecule has 2 aromatic carbocycles. The van der Waals surface area contributed by atoms with Crippen LogP contribution in [0.5, 0.6) is 0 Å². The quantitative estimate of drug-likeness (QED) is 0.627. The molecule has 0 saturated carbocycles. The summed E-state index contributed by atoms with van der Waals surface area (Å²) in [7, 11) is 1.24. The highest BCUT2D eigenvalue weighted by Crippen LogP contribution is 2.24. The van der Waals surface area contributed by atoms with E-state index in [2.05, 4.69) is 4.74 Å². The average Bonchev–Trinajstić information content (AvgIpc) is 2.46. The van der Waals surface area contributed by atoms with Crippen LogP contribution in [0.1, 0.15) is 20.7 Å². The molecule has 0 fully saturated rings. The first-order chi connectivity index (χ1) is 9.15. The molecule has 2 aromatic rings. The Kier molecular flexibility index (Phi) is 3.71. The summed E-state index contributed by atoms with van der Waals surface area (Å²) in [6.07, 6.45) is 0.723. The maximum Gasteiger partial charge on any atom is 0.337 e. The van der Waals surface area contributed by atoms with Gasteiger partial charge in [0.05, 0.1) is 12.7 Å². The van der Waals surface area contributed by atoms with Crippen LogP contribution in [0.4, 0.5) is 4.39 Å². The molecule has 0 bridgehead atoms. The molecule has 0 radical (unpaired) electrons. The van der Waals surface area contributed by atoms with E-state index < -0.39 is 11.8 Å². The van der Waals surface area contributed by atoms with Crippen molar-refractivity contribution in [2.75, 3.05) is 7.11 Å². The van der Waals surface area contributed by atoms with Gasteiger partial charge in [0.15, 0.2) is 0 Å². The fraction of sp³-hybridized carbons (Fsp3) is 0.0667. The van der Waals surface area contributed by atoms with Gasteiger partial charge < -0.3 is 4.74 Å². The number of rotatable bonds is 3. The number of carbonyl (C=O) groups excluding carboxylic acids is 2. The number of halogens is 1. The molecular weight excluding hydrogens is 247 g/mol. The third-order valence-corrected chi connectivity index (χ3v) is 2.75. The lowest BCUT2D eigenvalue weighted by Crippen LogP contribution is -2.01. The molecule has 0 spiro atoms. The molecule has 2 rings (SSSR count). The van der Waals surface area contributed by atoms with Gasteiger partial charge >= 0.3 is 5.97 Å². The van der Waals surface area contributed by atoms with Gasteiger partial charge in [-0.25, -0.2) is 9.18 Å². The Balaban J connectivity index is 2.39. The summed E-state index contributed by atoms with van der Waals surface area (Å²) in [6, 6.07) is 10.7. The first-order valence-corrected chi connectivity index (χ1v) is 5.59. The van der Waals surface area contributed by atoms with Gasteiger partial charge in [-0.05, 0) is 17.7 Å².